The van der Waals surface area contributed by atoms with Crippen LogP contribution in [0.15, 0.2) is 33.3 Å². The van der Waals surface area contributed by atoms with Crippen LogP contribution >= 0.6 is 43.5 Å². The highest BCUT2D eigenvalue weighted by atomic mass is 79.9. The summed E-state index contributed by atoms with van der Waals surface area (Å²) in [4.78, 5) is 0. The van der Waals surface area contributed by atoms with Gasteiger partial charge in [-0.1, -0.05) is 56.5 Å². The van der Waals surface area contributed by atoms with Gasteiger partial charge in [0.05, 0.1) is 23.0 Å². The second kappa shape index (κ2) is 7.07. The van der Waals surface area contributed by atoms with Crippen molar-refractivity contribution in [1.29, 1.82) is 0 Å². The molecular formula is C14H16Br2ClN3. The summed E-state index contributed by atoms with van der Waals surface area (Å²) in [5.41, 5.74) is 2.14. The van der Waals surface area contributed by atoms with Crippen LogP contribution in [0.3, 0.4) is 0 Å². The lowest BCUT2D eigenvalue weighted by Gasteiger charge is -2.21. The van der Waals surface area contributed by atoms with Gasteiger partial charge in [0.1, 0.15) is 0 Å². The van der Waals surface area contributed by atoms with Gasteiger partial charge >= 0.3 is 0 Å². The van der Waals surface area contributed by atoms with Gasteiger partial charge in [0.15, 0.2) is 0 Å². The largest absolute Gasteiger partial charge is 0.305 e. The quantitative estimate of drug-likeness (QED) is 0.753. The van der Waals surface area contributed by atoms with E-state index in [0.717, 1.165) is 33.3 Å². The third kappa shape index (κ3) is 3.27. The van der Waals surface area contributed by atoms with Crippen molar-refractivity contribution in [2.45, 2.75) is 26.4 Å². The Balaban J connectivity index is 2.53. The lowest BCUT2D eigenvalue weighted by molar-refractivity contribution is 0.541. The Morgan fingerprint density at radius 3 is 2.70 bits per heavy atom. The van der Waals surface area contributed by atoms with Crippen molar-refractivity contribution < 1.29 is 0 Å². The molecule has 1 aromatic heterocycles. The van der Waals surface area contributed by atoms with E-state index in [1.165, 1.54) is 0 Å². The van der Waals surface area contributed by atoms with Gasteiger partial charge in [0.25, 0.3) is 0 Å². The number of nitrogens with one attached hydrogen (secondary N) is 1. The van der Waals surface area contributed by atoms with Crippen molar-refractivity contribution in [3.05, 3.63) is 49.6 Å². The molecule has 1 unspecified atom stereocenters. The van der Waals surface area contributed by atoms with Gasteiger partial charge in [0.2, 0.25) is 0 Å². The third-order valence-electron chi connectivity index (χ3n) is 3.09. The smallest absolute Gasteiger partial charge is 0.0837 e. The SMILES string of the molecule is CCNC(c1ccc(Br)cc1Br)c1c(Cl)cnn1CC. The number of aromatic nitrogens is 2. The van der Waals surface area contributed by atoms with Crippen molar-refractivity contribution in [3.8, 4) is 0 Å². The molecule has 6 heteroatoms. The molecule has 108 valence electrons. The highest BCUT2D eigenvalue weighted by Gasteiger charge is 2.22. The molecule has 1 heterocycles. The Bertz CT molecular complexity index is 598. The predicted octanol–water partition coefficient (Wildman–Crippen LogP) is 4.78. The molecule has 0 aliphatic heterocycles. The Morgan fingerprint density at radius 2 is 2.10 bits per heavy atom. The van der Waals surface area contributed by atoms with Crippen LogP contribution in [-0.2, 0) is 6.54 Å². The maximum absolute atomic E-state index is 6.34. The van der Waals surface area contributed by atoms with E-state index in [1.54, 1.807) is 6.20 Å². The van der Waals surface area contributed by atoms with E-state index in [0.29, 0.717) is 5.02 Å². The Labute approximate surface area is 141 Å². The third-order valence-corrected chi connectivity index (χ3v) is 4.56. The van der Waals surface area contributed by atoms with E-state index in [2.05, 4.69) is 62.2 Å². The maximum atomic E-state index is 6.34. The monoisotopic (exact) mass is 419 g/mol. The summed E-state index contributed by atoms with van der Waals surface area (Å²) >= 11 is 13.5. The molecule has 0 spiro atoms. The Hall–Kier alpha value is -0.360. The minimum Gasteiger partial charge on any atom is -0.305 e. The van der Waals surface area contributed by atoms with E-state index in [9.17, 15) is 0 Å². The number of rotatable bonds is 5. The molecule has 0 fully saturated rings. The number of hydrogen-bond donors (Lipinski definition) is 1. The summed E-state index contributed by atoms with van der Waals surface area (Å²) in [6.45, 7) is 5.78. The molecule has 0 aliphatic rings. The number of aryl methyl sites for hydroxylation is 1. The molecule has 0 bridgehead atoms. The molecule has 3 nitrogen and oxygen atoms in total. The van der Waals surface area contributed by atoms with E-state index in [1.807, 2.05) is 16.8 Å². The van der Waals surface area contributed by atoms with Crippen molar-refractivity contribution in [2.24, 2.45) is 0 Å². The maximum Gasteiger partial charge on any atom is 0.0837 e. The fourth-order valence-electron chi connectivity index (χ4n) is 2.20. The van der Waals surface area contributed by atoms with Gasteiger partial charge in [0, 0.05) is 15.5 Å². The molecule has 2 rings (SSSR count). The van der Waals surface area contributed by atoms with Gasteiger partial charge < -0.3 is 5.32 Å². The summed E-state index contributed by atoms with van der Waals surface area (Å²) < 4.78 is 4.01. The highest BCUT2D eigenvalue weighted by molar-refractivity contribution is 9.11. The van der Waals surface area contributed by atoms with Crippen LogP contribution in [-0.4, -0.2) is 16.3 Å². The van der Waals surface area contributed by atoms with E-state index in [4.69, 9.17) is 11.6 Å². The molecule has 0 amide bonds. The topological polar surface area (TPSA) is 29.9 Å². The molecular weight excluding hydrogens is 405 g/mol. The molecule has 0 saturated carbocycles. The zero-order chi connectivity index (χ0) is 14.7. The van der Waals surface area contributed by atoms with Gasteiger partial charge in [-0.25, -0.2) is 0 Å². The second-order valence-corrected chi connectivity index (χ2v) is 6.53. The van der Waals surface area contributed by atoms with Gasteiger partial charge in [-0.15, -0.1) is 0 Å². The fourth-order valence-corrected chi connectivity index (χ4v) is 3.73. The van der Waals surface area contributed by atoms with E-state index >= 15 is 0 Å². The Morgan fingerprint density at radius 1 is 1.35 bits per heavy atom. The molecule has 0 saturated heterocycles. The van der Waals surface area contributed by atoms with Crippen LogP contribution in [0.1, 0.15) is 31.1 Å². The number of halogens is 3. The van der Waals surface area contributed by atoms with Crippen molar-refractivity contribution in [1.82, 2.24) is 15.1 Å². The van der Waals surface area contributed by atoms with Crippen molar-refractivity contribution >= 4 is 43.5 Å². The minimum absolute atomic E-state index is 0.0115. The lowest BCUT2D eigenvalue weighted by atomic mass is 10.0. The van der Waals surface area contributed by atoms with Crippen molar-refractivity contribution in [3.63, 3.8) is 0 Å². The summed E-state index contributed by atoms with van der Waals surface area (Å²) in [6.07, 6.45) is 1.71. The highest BCUT2D eigenvalue weighted by Crippen LogP contribution is 2.33. The molecule has 1 N–H and O–H groups in total. The molecule has 2 aromatic rings. The van der Waals surface area contributed by atoms with Gasteiger partial charge in [-0.3, -0.25) is 4.68 Å². The first-order chi connectivity index (χ1) is 9.58. The first-order valence-electron chi connectivity index (χ1n) is 6.48. The van der Waals surface area contributed by atoms with Crippen LogP contribution in [0.25, 0.3) is 0 Å². The van der Waals surface area contributed by atoms with E-state index in [-0.39, 0.29) is 6.04 Å². The number of hydrogen-bond acceptors (Lipinski definition) is 2. The van der Waals surface area contributed by atoms with Crippen LogP contribution < -0.4 is 5.32 Å². The normalized spacial score (nSPS) is 12.7. The van der Waals surface area contributed by atoms with Crippen molar-refractivity contribution in [2.75, 3.05) is 6.54 Å². The lowest BCUT2D eigenvalue weighted by Crippen LogP contribution is -2.25. The van der Waals surface area contributed by atoms with E-state index < -0.39 is 0 Å². The minimum atomic E-state index is 0.0115. The van der Waals surface area contributed by atoms with Crippen LogP contribution in [0, 0.1) is 0 Å². The zero-order valence-corrected chi connectivity index (χ0v) is 15.3. The Kier molecular flexibility index (Phi) is 5.66. The predicted molar refractivity (Wildman–Crippen MR) is 90.3 cm³/mol. The molecule has 0 radical (unpaired) electrons. The first-order valence-corrected chi connectivity index (χ1v) is 8.44. The average molecular weight is 422 g/mol. The summed E-state index contributed by atoms with van der Waals surface area (Å²) in [5, 5.41) is 8.50. The van der Waals surface area contributed by atoms with Crippen LogP contribution in [0.2, 0.25) is 5.02 Å². The molecule has 0 aliphatic carbocycles. The second-order valence-electron chi connectivity index (χ2n) is 4.35. The fraction of sp³-hybridized carbons (Fsp3) is 0.357. The average Bonchev–Trinajstić information content (AvgIpc) is 2.78. The molecule has 20 heavy (non-hydrogen) atoms. The standard InChI is InChI=1S/C14H16Br2ClN3/c1-3-18-13(10-6-5-9(15)7-11(10)16)14-12(17)8-19-20(14)4-2/h5-8,13,18H,3-4H2,1-2H3. The molecule has 1 atom stereocenters. The zero-order valence-electron chi connectivity index (χ0n) is 11.3. The number of nitrogens with zero attached hydrogens (tertiary/aromatic N) is 2. The first kappa shape index (κ1) is 16.0. The van der Waals surface area contributed by atoms with Gasteiger partial charge in [-0.05, 0) is 31.2 Å². The summed E-state index contributed by atoms with van der Waals surface area (Å²) in [6, 6.07) is 6.17. The summed E-state index contributed by atoms with van der Waals surface area (Å²) in [7, 11) is 0. The van der Waals surface area contributed by atoms with Crippen LogP contribution in [0.4, 0.5) is 0 Å². The number of benzene rings is 1. The van der Waals surface area contributed by atoms with Crippen LogP contribution in [0.5, 0.6) is 0 Å². The van der Waals surface area contributed by atoms with Gasteiger partial charge in [-0.2, -0.15) is 5.10 Å². The molecule has 1 aromatic carbocycles. The summed E-state index contributed by atoms with van der Waals surface area (Å²) in [5.74, 6) is 0.